The van der Waals surface area contributed by atoms with E-state index in [0.717, 1.165) is 54.7 Å². The Kier molecular flexibility index (Phi) is 8.18. The summed E-state index contributed by atoms with van der Waals surface area (Å²) in [5, 5.41) is 13.8. The van der Waals surface area contributed by atoms with Gasteiger partial charge in [-0.15, -0.1) is 0 Å². The molecule has 1 heterocycles. The van der Waals surface area contributed by atoms with Gasteiger partial charge >= 0.3 is 5.97 Å². The molecule has 4 rings (SSSR count). The van der Waals surface area contributed by atoms with Gasteiger partial charge < -0.3 is 14.6 Å². The lowest BCUT2D eigenvalue weighted by Crippen LogP contribution is -2.23. The fraction of sp³-hybridized carbons (Fsp3) is 0.429. The molecule has 3 aromatic rings. The highest BCUT2D eigenvalue weighted by Crippen LogP contribution is 2.40. The van der Waals surface area contributed by atoms with E-state index in [4.69, 9.17) is 19.7 Å². The van der Waals surface area contributed by atoms with Crippen molar-refractivity contribution >= 4 is 5.97 Å². The maximum absolute atomic E-state index is 15.4. The molecule has 0 saturated heterocycles. The highest BCUT2D eigenvalue weighted by molar-refractivity contribution is 5.84. The number of carboxylic acid groups (broad SMARTS) is 1. The van der Waals surface area contributed by atoms with E-state index in [0.29, 0.717) is 30.4 Å². The Hall–Kier alpha value is -3.19. The molecule has 1 fully saturated rings. The van der Waals surface area contributed by atoms with Gasteiger partial charge in [-0.2, -0.15) is 5.10 Å². The maximum atomic E-state index is 15.4. The van der Waals surface area contributed by atoms with Crippen molar-refractivity contribution in [3.8, 4) is 28.1 Å². The van der Waals surface area contributed by atoms with Crippen LogP contribution < -0.4 is 4.74 Å². The van der Waals surface area contributed by atoms with Gasteiger partial charge in [-0.3, -0.25) is 4.68 Å². The molecule has 186 valence electrons. The molecular weight excluding hydrogens is 447 g/mol. The van der Waals surface area contributed by atoms with Crippen LogP contribution in [0.15, 0.2) is 48.5 Å². The Morgan fingerprint density at radius 2 is 1.80 bits per heavy atom. The number of hydrogen-bond acceptors (Lipinski definition) is 4. The number of ether oxygens (including phenoxy) is 2. The van der Waals surface area contributed by atoms with Gasteiger partial charge in [0.05, 0.1) is 25.1 Å². The molecule has 0 unspecified atom stereocenters. The smallest absolute Gasteiger partial charge is 0.329 e. The van der Waals surface area contributed by atoms with E-state index < -0.39 is 5.97 Å². The first-order valence-corrected chi connectivity index (χ1v) is 12.3. The number of carbonyl (C=O) groups is 1. The van der Waals surface area contributed by atoms with Crippen molar-refractivity contribution in [2.45, 2.75) is 45.6 Å². The van der Waals surface area contributed by atoms with Crippen molar-refractivity contribution in [2.24, 2.45) is 11.8 Å². The van der Waals surface area contributed by atoms with Gasteiger partial charge in [-0.05, 0) is 50.0 Å². The number of aliphatic carboxylic acids is 1. The summed E-state index contributed by atoms with van der Waals surface area (Å²) in [6, 6.07) is 15.3. The molecule has 1 N–H and O–H groups in total. The Labute approximate surface area is 205 Å². The third kappa shape index (κ3) is 5.73. The van der Waals surface area contributed by atoms with Crippen molar-refractivity contribution in [3.05, 3.63) is 60.0 Å². The molecule has 1 aliphatic carbocycles. The third-order valence-corrected chi connectivity index (χ3v) is 6.84. The number of methoxy groups -OCH3 is 1. The van der Waals surface area contributed by atoms with Gasteiger partial charge in [0.15, 0.2) is 11.6 Å². The minimum absolute atomic E-state index is 0.222. The summed E-state index contributed by atoms with van der Waals surface area (Å²) >= 11 is 0. The van der Waals surface area contributed by atoms with E-state index in [1.165, 1.54) is 7.11 Å². The van der Waals surface area contributed by atoms with Gasteiger partial charge in [0.25, 0.3) is 0 Å². The van der Waals surface area contributed by atoms with Gasteiger partial charge in [-0.25, -0.2) is 9.18 Å². The highest BCUT2D eigenvalue weighted by Gasteiger charge is 2.27. The van der Waals surface area contributed by atoms with Crippen LogP contribution in [-0.2, 0) is 22.5 Å². The van der Waals surface area contributed by atoms with E-state index in [1.807, 2.05) is 43.3 Å². The largest absolute Gasteiger partial charge is 0.494 e. The number of aryl methyl sites for hydroxylation is 1. The second-order valence-corrected chi connectivity index (χ2v) is 9.19. The lowest BCUT2D eigenvalue weighted by molar-refractivity contribution is -0.142. The Morgan fingerprint density at radius 1 is 1.09 bits per heavy atom. The van der Waals surface area contributed by atoms with E-state index in [2.05, 4.69) is 4.68 Å². The van der Waals surface area contributed by atoms with Crippen LogP contribution in [0.1, 0.15) is 38.3 Å². The topological polar surface area (TPSA) is 73.6 Å². The van der Waals surface area contributed by atoms with Gasteiger partial charge in [0, 0.05) is 23.2 Å². The average molecular weight is 481 g/mol. The van der Waals surface area contributed by atoms with Gasteiger partial charge in [0.1, 0.15) is 6.61 Å². The molecule has 0 spiro atoms. The summed E-state index contributed by atoms with van der Waals surface area (Å²) < 4.78 is 28.1. The number of aromatic nitrogens is 2. The highest BCUT2D eigenvalue weighted by atomic mass is 19.1. The molecule has 2 aromatic carbocycles. The molecule has 0 radical (unpaired) electrons. The molecular formula is C28H33FN2O4. The molecule has 0 amide bonds. The molecule has 6 nitrogen and oxygen atoms in total. The summed E-state index contributed by atoms with van der Waals surface area (Å²) in [4.78, 5) is 10.7. The van der Waals surface area contributed by atoms with E-state index in [9.17, 15) is 4.79 Å². The van der Waals surface area contributed by atoms with Gasteiger partial charge in [0.2, 0.25) is 0 Å². The molecule has 35 heavy (non-hydrogen) atoms. The van der Waals surface area contributed by atoms with E-state index >= 15 is 4.39 Å². The predicted octanol–water partition coefficient (Wildman–Crippen LogP) is 5.83. The molecule has 7 heteroatoms. The fourth-order valence-corrected chi connectivity index (χ4v) is 5.06. The van der Waals surface area contributed by atoms with E-state index in [-0.39, 0.29) is 18.2 Å². The first kappa shape index (κ1) is 24.9. The first-order valence-electron chi connectivity index (χ1n) is 12.3. The molecule has 0 bridgehead atoms. The zero-order chi connectivity index (χ0) is 24.8. The number of carboxylic acids is 1. The van der Waals surface area contributed by atoms with Crippen LogP contribution in [0.3, 0.4) is 0 Å². The SMILES string of the molecule is CCc1nn(CC2CCC(COCC(=O)O)CC2)c(-c2ccccc2)c1-c1cccc(OC)c1F. The first-order chi connectivity index (χ1) is 17.0. The standard InChI is InChI=1S/C28H33FN2O4/c1-3-23-26(22-10-7-11-24(34-2)27(22)29)28(21-8-5-4-6-9-21)31(30-23)16-19-12-14-20(15-13-19)17-35-18-25(32)33/h4-11,19-20H,3,12-18H2,1-2H3,(H,32,33). The third-order valence-electron chi connectivity index (χ3n) is 6.84. The maximum Gasteiger partial charge on any atom is 0.329 e. The van der Waals surface area contributed by atoms with Crippen LogP contribution in [0.5, 0.6) is 5.75 Å². The van der Waals surface area contributed by atoms with Crippen LogP contribution in [0.2, 0.25) is 0 Å². The molecule has 1 saturated carbocycles. The summed E-state index contributed by atoms with van der Waals surface area (Å²) in [7, 11) is 1.48. The number of nitrogens with zero attached hydrogens (tertiary/aromatic N) is 2. The van der Waals surface area contributed by atoms with Crippen molar-refractivity contribution in [1.82, 2.24) is 9.78 Å². The van der Waals surface area contributed by atoms with Crippen LogP contribution in [0.25, 0.3) is 22.4 Å². The minimum Gasteiger partial charge on any atom is -0.494 e. The summed E-state index contributed by atoms with van der Waals surface area (Å²) in [5.41, 5.74) is 4.14. The quantitative estimate of drug-likeness (QED) is 0.395. The Morgan fingerprint density at radius 3 is 2.46 bits per heavy atom. The Bertz CT molecular complexity index is 1140. The van der Waals surface area contributed by atoms with Crippen LogP contribution in [-0.4, -0.2) is 41.2 Å². The average Bonchev–Trinajstić information content (AvgIpc) is 3.23. The fourth-order valence-electron chi connectivity index (χ4n) is 5.06. The van der Waals surface area contributed by atoms with Gasteiger partial charge in [-0.1, -0.05) is 49.4 Å². The summed E-state index contributed by atoms with van der Waals surface area (Å²) in [6.07, 6.45) is 4.75. The molecule has 0 aliphatic heterocycles. The number of rotatable bonds is 10. The second-order valence-electron chi connectivity index (χ2n) is 9.19. The normalized spacial score (nSPS) is 17.9. The summed E-state index contributed by atoms with van der Waals surface area (Å²) in [5.74, 6) is -0.242. The number of hydrogen-bond donors (Lipinski definition) is 1. The number of halogens is 1. The predicted molar refractivity (Wildman–Crippen MR) is 133 cm³/mol. The van der Waals surface area contributed by atoms with E-state index in [1.54, 1.807) is 12.1 Å². The second kappa shape index (κ2) is 11.5. The number of benzene rings is 2. The zero-order valence-corrected chi connectivity index (χ0v) is 20.4. The van der Waals surface area contributed by atoms with Crippen LogP contribution in [0.4, 0.5) is 4.39 Å². The van der Waals surface area contributed by atoms with Crippen LogP contribution >= 0.6 is 0 Å². The Balaban J connectivity index is 1.63. The van der Waals surface area contributed by atoms with Crippen molar-refractivity contribution in [3.63, 3.8) is 0 Å². The zero-order valence-electron chi connectivity index (χ0n) is 20.4. The van der Waals surface area contributed by atoms with Crippen LogP contribution in [0, 0.1) is 17.7 Å². The molecule has 1 aromatic heterocycles. The van der Waals surface area contributed by atoms with Crippen molar-refractivity contribution in [2.75, 3.05) is 20.3 Å². The monoisotopic (exact) mass is 480 g/mol. The minimum atomic E-state index is -0.930. The molecule has 0 atom stereocenters. The summed E-state index contributed by atoms with van der Waals surface area (Å²) in [6.45, 7) is 3.06. The molecule has 1 aliphatic rings. The van der Waals surface area contributed by atoms with Crippen molar-refractivity contribution in [1.29, 1.82) is 0 Å². The lowest BCUT2D eigenvalue weighted by Gasteiger charge is -2.28. The lowest BCUT2D eigenvalue weighted by atomic mass is 9.82. The van der Waals surface area contributed by atoms with Crippen molar-refractivity contribution < 1.29 is 23.8 Å².